The van der Waals surface area contributed by atoms with Crippen molar-refractivity contribution < 1.29 is 24.1 Å². The van der Waals surface area contributed by atoms with Crippen molar-refractivity contribution in [2.45, 2.75) is 20.4 Å². The van der Waals surface area contributed by atoms with E-state index in [1.165, 1.54) is 4.57 Å². The van der Waals surface area contributed by atoms with Crippen molar-refractivity contribution >= 4 is 16.9 Å². The molecule has 0 atom stereocenters. The highest BCUT2D eigenvalue weighted by Crippen LogP contribution is 2.39. The van der Waals surface area contributed by atoms with Gasteiger partial charge in [0.15, 0.2) is 17.1 Å². The number of pyridine rings is 1. The van der Waals surface area contributed by atoms with E-state index in [-0.39, 0.29) is 19.0 Å². The number of fused-ring (bicyclic) bond motifs is 2. The molecule has 2 aromatic rings. The summed E-state index contributed by atoms with van der Waals surface area (Å²) in [5.74, 6) is -0.287. The summed E-state index contributed by atoms with van der Waals surface area (Å²) in [7, 11) is 0. The summed E-state index contributed by atoms with van der Waals surface area (Å²) in [6, 6.07) is 3.18. The van der Waals surface area contributed by atoms with Gasteiger partial charge in [0.05, 0.1) is 12.1 Å². The molecule has 1 aromatic heterocycles. The van der Waals surface area contributed by atoms with Gasteiger partial charge in [-0.2, -0.15) is 0 Å². The molecule has 1 N–H and O–H groups in total. The van der Waals surface area contributed by atoms with E-state index in [0.29, 0.717) is 28.9 Å². The molecule has 0 amide bonds. The summed E-state index contributed by atoms with van der Waals surface area (Å²) >= 11 is 0. The number of nitrogens with zero attached hydrogens (tertiary/aromatic N) is 1. The zero-order chi connectivity index (χ0) is 15.9. The molecule has 7 nitrogen and oxygen atoms in total. The third kappa shape index (κ3) is 1.97. The number of benzene rings is 1. The first-order chi connectivity index (χ1) is 10.6. The zero-order valence-corrected chi connectivity index (χ0v) is 12.2. The van der Waals surface area contributed by atoms with Crippen molar-refractivity contribution in [3.63, 3.8) is 0 Å². The first-order valence-corrected chi connectivity index (χ1v) is 6.94. The molecule has 3 rings (SSSR count). The van der Waals surface area contributed by atoms with Gasteiger partial charge in [-0.3, -0.25) is 4.79 Å². The van der Waals surface area contributed by atoms with Crippen LogP contribution in [-0.4, -0.2) is 29.0 Å². The fraction of sp³-hybridized carbons (Fsp3) is 0.333. The number of hydrogen-bond donors (Lipinski definition) is 1. The Morgan fingerprint density at radius 1 is 1.32 bits per heavy atom. The molecule has 0 unspecified atom stereocenters. The predicted octanol–water partition coefficient (Wildman–Crippen LogP) is 1.63. The Morgan fingerprint density at radius 2 is 2.00 bits per heavy atom. The van der Waals surface area contributed by atoms with Gasteiger partial charge in [-0.05, 0) is 19.9 Å². The molecule has 1 aliphatic rings. The van der Waals surface area contributed by atoms with Crippen LogP contribution in [0.3, 0.4) is 0 Å². The largest absolute Gasteiger partial charge is 0.506 e. The lowest BCUT2D eigenvalue weighted by molar-refractivity contribution is 0.0520. The number of ether oxygens (including phenoxy) is 3. The maximum atomic E-state index is 12.5. The summed E-state index contributed by atoms with van der Waals surface area (Å²) in [5, 5.41) is 10.7. The van der Waals surface area contributed by atoms with Crippen LogP contribution < -0.4 is 15.0 Å². The van der Waals surface area contributed by atoms with Crippen molar-refractivity contribution in [3.05, 3.63) is 28.0 Å². The van der Waals surface area contributed by atoms with Crippen LogP contribution in [0.4, 0.5) is 0 Å². The first kappa shape index (κ1) is 14.2. The van der Waals surface area contributed by atoms with Gasteiger partial charge in [0.1, 0.15) is 5.75 Å². The molecule has 0 fully saturated rings. The Morgan fingerprint density at radius 3 is 2.64 bits per heavy atom. The molecule has 2 heterocycles. The molecule has 0 saturated carbocycles. The SMILES string of the molecule is CCOC(=O)c1c(O)c2cc3c(cc2n(CC)c1=O)OCO3. The lowest BCUT2D eigenvalue weighted by Crippen LogP contribution is -2.27. The summed E-state index contributed by atoms with van der Waals surface area (Å²) in [4.78, 5) is 24.5. The number of aromatic nitrogens is 1. The number of hydrogen-bond acceptors (Lipinski definition) is 6. The van der Waals surface area contributed by atoms with E-state index in [4.69, 9.17) is 14.2 Å². The minimum Gasteiger partial charge on any atom is -0.506 e. The summed E-state index contributed by atoms with van der Waals surface area (Å²) in [6.07, 6.45) is 0. The van der Waals surface area contributed by atoms with Gasteiger partial charge in [0.25, 0.3) is 5.56 Å². The number of carbonyl (C=O) groups is 1. The molecule has 1 aliphatic heterocycles. The number of esters is 1. The van der Waals surface area contributed by atoms with Gasteiger partial charge in [-0.1, -0.05) is 0 Å². The minimum atomic E-state index is -0.841. The van der Waals surface area contributed by atoms with Crippen LogP contribution in [-0.2, 0) is 11.3 Å². The summed E-state index contributed by atoms with van der Waals surface area (Å²) in [5.41, 5.74) is -0.484. The number of carbonyl (C=O) groups excluding carboxylic acids is 1. The number of aromatic hydroxyl groups is 1. The van der Waals surface area contributed by atoms with Crippen molar-refractivity contribution in [2.75, 3.05) is 13.4 Å². The summed E-state index contributed by atoms with van der Waals surface area (Å²) < 4.78 is 16.8. The van der Waals surface area contributed by atoms with Gasteiger partial charge in [-0.15, -0.1) is 0 Å². The van der Waals surface area contributed by atoms with Crippen LogP contribution in [0.2, 0.25) is 0 Å². The molecular formula is C15H15NO6. The van der Waals surface area contributed by atoms with Crippen molar-refractivity contribution in [1.29, 1.82) is 0 Å². The molecule has 0 aliphatic carbocycles. The Kier molecular flexibility index (Phi) is 3.40. The average molecular weight is 305 g/mol. The zero-order valence-electron chi connectivity index (χ0n) is 12.2. The van der Waals surface area contributed by atoms with Crippen LogP contribution in [0.1, 0.15) is 24.2 Å². The molecule has 0 radical (unpaired) electrons. The van der Waals surface area contributed by atoms with Crippen molar-refractivity contribution in [3.8, 4) is 17.2 Å². The van der Waals surface area contributed by atoms with Crippen LogP contribution in [0.15, 0.2) is 16.9 Å². The third-order valence-electron chi connectivity index (χ3n) is 3.53. The second kappa shape index (κ2) is 5.25. The van der Waals surface area contributed by atoms with Crippen molar-refractivity contribution in [1.82, 2.24) is 4.57 Å². The second-order valence-corrected chi connectivity index (χ2v) is 4.72. The Bertz CT molecular complexity index is 823. The van der Waals surface area contributed by atoms with E-state index in [1.807, 2.05) is 0 Å². The van der Waals surface area contributed by atoms with Crippen LogP contribution in [0.25, 0.3) is 10.9 Å². The molecule has 0 bridgehead atoms. The van der Waals surface area contributed by atoms with Gasteiger partial charge in [0.2, 0.25) is 6.79 Å². The van der Waals surface area contributed by atoms with E-state index in [2.05, 4.69) is 0 Å². The van der Waals surface area contributed by atoms with Gasteiger partial charge < -0.3 is 23.9 Å². The standard InChI is InChI=1S/C15H15NO6/c1-3-16-9-6-11-10(21-7-22-11)5-8(9)13(17)12(14(16)18)15(19)20-4-2/h5-6,17H,3-4,7H2,1-2H3. The Balaban J connectivity index is 2.37. The molecule has 1 aromatic carbocycles. The highest BCUT2D eigenvalue weighted by atomic mass is 16.7. The molecule has 0 spiro atoms. The van der Waals surface area contributed by atoms with Crippen molar-refractivity contribution in [2.24, 2.45) is 0 Å². The average Bonchev–Trinajstić information content (AvgIpc) is 2.94. The Hall–Kier alpha value is -2.70. The second-order valence-electron chi connectivity index (χ2n) is 4.72. The smallest absolute Gasteiger partial charge is 0.347 e. The maximum absolute atomic E-state index is 12.5. The highest BCUT2D eigenvalue weighted by Gasteiger charge is 2.25. The van der Waals surface area contributed by atoms with Gasteiger partial charge in [-0.25, -0.2) is 4.79 Å². The van der Waals surface area contributed by atoms with Gasteiger partial charge >= 0.3 is 5.97 Å². The van der Waals surface area contributed by atoms with E-state index in [9.17, 15) is 14.7 Å². The molecule has 116 valence electrons. The highest BCUT2D eigenvalue weighted by molar-refractivity contribution is 6.00. The number of aryl methyl sites for hydroxylation is 1. The molecule has 22 heavy (non-hydrogen) atoms. The first-order valence-electron chi connectivity index (χ1n) is 6.94. The molecule has 7 heteroatoms. The van der Waals surface area contributed by atoms with Crippen LogP contribution >= 0.6 is 0 Å². The van der Waals surface area contributed by atoms with E-state index >= 15 is 0 Å². The summed E-state index contributed by atoms with van der Waals surface area (Å²) in [6.45, 7) is 3.93. The quantitative estimate of drug-likeness (QED) is 0.867. The van der Waals surface area contributed by atoms with Crippen LogP contribution in [0.5, 0.6) is 17.2 Å². The Labute approximate surface area is 125 Å². The lowest BCUT2D eigenvalue weighted by atomic mass is 10.1. The fourth-order valence-electron chi connectivity index (χ4n) is 2.53. The molecule has 0 saturated heterocycles. The monoisotopic (exact) mass is 305 g/mol. The topological polar surface area (TPSA) is 87.0 Å². The normalized spacial score (nSPS) is 12.6. The van der Waals surface area contributed by atoms with Crippen LogP contribution in [0, 0.1) is 0 Å². The van der Waals surface area contributed by atoms with E-state index in [1.54, 1.807) is 26.0 Å². The minimum absolute atomic E-state index is 0.0769. The van der Waals surface area contributed by atoms with E-state index < -0.39 is 17.3 Å². The predicted molar refractivity (Wildman–Crippen MR) is 77.6 cm³/mol. The lowest BCUT2D eigenvalue weighted by Gasteiger charge is -2.13. The molecular weight excluding hydrogens is 290 g/mol. The fourth-order valence-corrected chi connectivity index (χ4v) is 2.53. The third-order valence-corrected chi connectivity index (χ3v) is 3.53. The maximum Gasteiger partial charge on any atom is 0.347 e. The van der Waals surface area contributed by atoms with Gasteiger partial charge in [0, 0.05) is 18.0 Å². The van der Waals surface area contributed by atoms with E-state index in [0.717, 1.165) is 0 Å². The number of rotatable bonds is 3.